The Kier molecular flexibility index (Phi) is 2.44. The zero-order chi connectivity index (χ0) is 12.1. The van der Waals surface area contributed by atoms with E-state index in [4.69, 9.17) is 27.9 Å². The first-order chi connectivity index (χ1) is 7.33. The quantitative estimate of drug-likeness (QED) is 0.703. The van der Waals surface area contributed by atoms with E-state index in [9.17, 15) is 9.90 Å². The molecule has 0 saturated carbocycles. The summed E-state index contributed by atoms with van der Waals surface area (Å²) in [7, 11) is 0. The summed E-state index contributed by atoms with van der Waals surface area (Å²) in [4.78, 5) is 11.3. The van der Waals surface area contributed by atoms with E-state index in [-0.39, 0.29) is 15.8 Å². The van der Waals surface area contributed by atoms with E-state index in [2.05, 4.69) is 5.32 Å². The van der Waals surface area contributed by atoms with Crippen LogP contribution in [0, 0.1) is 0 Å². The van der Waals surface area contributed by atoms with Crippen LogP contribution in [0.2, 0.25) is 10.0 Å². The number of amides is 1. The van der Waals surface area contributed by atoms with E-state index in [0.717, 1.165) is 0 Å². The monoisotopic (exact) mass is 261 g/mol. The second kappa shape index (κ2) is 3.43. The zero-order valence-corrected chi connectivity index (χ0v) is 10.1. The van der Waals surface area contributed by atoms with Crippen molar-refractivity contribution in [1.29, 1.82) is 0 Å². The van der Waals surface area contributed by atoms with Gasteiger partial charge in [0.15, 0.2) is 5.75 Å². The van der Waals surface area contributed by atoms with Crippen molar-refractivity contribution >= 4 is 35.0 Å². The standard InChI is InChI=1S/C10H9Cl2NO3/c1-10(2)6-5(13-9(15)16-10)3-4(11)8(14)7(6)12/h3,14H,1-2H3,(H,13,15). The molecule has 2 rings (SSSR count). The SMILES string of the molecule is CC1(C)OC(=O)Nc2cc(Cl)c(O)c(Cl)c21. The average molecular weight is 262 g/mol. The van der Waals surface area contributed by atoms with Crippen molar-refractivity contribution in [3.8, 4) is 5.75 Å². The molecule has 0 atom stereocenters. The Balaban J connectivity index is 2.74. The summed E-state index contributed by atoms with van der Waals surface area (Å²) in [5, 5.41) is 12.3. The largest absolute Gasteiger partial charge is 0.505 e. The van der Waals surface area contributed by atoms with E-state index < -0.39 is 11.7 Å². The van der Waals surface area contributed by atoms with Gasteiger partial charge in [-0.05, 0) is 19.9 Å². The number of halogens is 2. The number of cyclic esters (lactones) is 1. The van der Waals surface area contributed by atoms with Gasteiger partial charge in [-0.1, -0.05) is 23.2 Å². The summed E-state index contributed by atoms with van der Waals surface area (Å²) < 4.78 is 5.09. The van der Waals surface area contributed by atoms with Crippen LogP contribution < -0.4 is 5.32 Å². The van der Waals surface area contributed by atoms with Crippen LogP contribution in [0.1, 0.15) is 19.4 Å². The molecule has 0 fully saturated rings. The summed E-state index contributed by atoms with van der Waals surface area (Å²) in [6.45, 7) is 3.37. The predicted octanol–water partition coefficient (Wildman–Crippen LogP) is 3.50. The van der Waals surface area contributed by atoms with Crippen LogP contribution in [-0.4, -0.2) is 11.2 Å². The van der Waals surface area contributed by atoms with Crippen LogP contribution >= 0.6 is 23.2 Å². The van der Waals surface area contributed by atoms with Crippen molar-refractivity contribution in [1.82, 2.24) is 0 Å². The minimum atomic E-state index is -0.906. The number of anilines is 1. The number of phenolic OH excluding ortho intramolecular Hbond substituents is 1. The number of fused-ring (bicyclic) bond motifs is 1. The Bertz CT molecular complexity index is 485. The van der Waals surface area contributed by atoms with E-state index in [1.54, 1.807) is 13.8 Å². The lowest BCUT2D eigenvalue weighted by Gasteiger charge is -2.33. The minimum Gasteiger partial charge on any atom is -0.505 e. The molecule has 1 aliphatic rings. The summed E-state index contributed by atoms with van der Waals surface area (Å²) in [6, 6.07) is 1.44. The third kappa shape index (κ3) is 1.58. The minimum absolute atomic E-state index is 0.0850. The maximum absolute atomic E-state index is 11.3. The molecule has 0 aromatic heterocycles. The topological polar surface area (TPSA) is 58.6 Å². The van der Waals surface area contributed by atoms with Crippen molar-refractivity contribution in [2.75, 3.05) is 5.32 Å². The molecule has 0 aliphatic carbocycles. The second-order valence-corrected chi connectivity index (χ2v) is 4.75. The maximum atomic E-state index is 11.3. The molecule has 86 valence electrons. The van der Waals surface area contributed by atoms with Gasteiger partial charge in [-0.25, -0.2) is 4.79 Å². The molecule has 0 spiro atoms. The second-order valence-electron chi connectivity index (χ2n) is 3.97. The number of hydrogen-bond acceptors (Lipinski definition) is 3. The third-order valence-electron chi connectivity index (χ3n) is 2.38. The van der Waals surface area contributed by atoms with Gasteiger partial charge in [0.05, 0.1) is 15.7 Å². The highest BCUT2D eigenvalue weighted by atomic mass is 35.5. The smallest absolute Gasteiger partial charge is 0.412 e. The molecule has 0 radical (unpaired) electrons. The normalized spacial score (nSPS) is 17.4. The summed E-state index contributed by atoms with van der Waals surface area (Å²) >= 11 is 11.7. The summed E-state index contributed by atoms with van der Waals surface area (Å²) in [5.41, 5.74) is 0.0568. The number of benzene rings is 1. The number of carbonyl (C=O) groups is 1. The van der Waals surface area contributed by atoms with Gasteiger partial charge in [0.2, 0.25) is 0 Å². The molecule has 1 aromatic rings. The van der Waals surface area contributed by atoms with Crippen LogP contribution in [0.15, 0.2) is 6.07 Å². The van der Waals surface area contributed by atoms with Crippen LogP contribution in [0.5, 0.6) is 5.75 Å². The number of nitrogens with one attached hydrogen (secondary N) is 1. The number of aromatic hydroxyl groups is 1. The van der Waals surface area contributed by atoms with Crippen molar-refractivity contribution < 1.29 is 14.6 Å². The highest BCUT2D eigenvalue weighted by Gasteiger charge is 2.37. The fraction of sp³-hybridized carbons (Fsp3) is 0.300. The lowest BCUT2D eigenvalue weighted by atomic mass is 9.94. The fourth-order valence-electron chi connectivity index (χ4n) is 1.71. The fourth-order valence-corrected chi connectivity index (χ4v) is 2.40. The highest BCUT2D eigenvalue weighted by molar-refractivity contribution is 6.38. The third-order valence-corrected chi connectivity index (χ3v) is 3.04. The average Bonchev–Trinajstić information content (AvgIpc) is 2.11. The van der Waals surface area contributed by atoms with Crippen molar-refractivity contribution in [2.45, 2.75) is 19.4 Å². The summed E-state index contributed by atoms with van der Waals surface area (Å²) in [5.74, 6) is -0.213. The predicted molar refractivity (Wildman–Crippen MR) is 61.3 cm³/mol. The lowest BCUT2D eigenvalue weighted by molar-refractivity contribution is 0.0419. The number of rotatable bonds is 0. The number of phenols is 1. The number of hydrogen-bond donors (Lipinski definition) is 2. The van der Waals surface area contributed by atoms with Crippen LogP contribution in [0.3, 0.4) is 0 Å². The Morgan fingerprint density at radius 2 is 2.06 bits per heavy atom. The molecule has 0 bridgehead atoms. The lowest BCUT2D eigenvalue weighted by Crippen LogP contribution is -2.35. The Morgan fingerprint density at radius 1 is 1.44 bits per heavy atom. The number of ether oxygens (including phenoxy) is 1. The molecule has 0 unspecified atom stereocenters. The van der Waals surface area contributed by atoms with Gasteiger partial charge < -0.3 is 9.84 Å². The van der Waals surface area contributed by atoms with Gasteiger partial charge in [-0.15, -0.1) is 0 Å². The van der Waals surface area contributed by atoms with Gasteiger partial charge in [0, 0.05) is 5.56 Å². The molecule has 6 heteroatoms. The molecule has 2 N–H and O–H groups in total. The van der Waals surface area contributed by atoms with E-state index >= 15 is 0 Å². The van der Waals surface area contributed by atoms with Crippen molar-refractivity contribution in [2.24, 2.45) is 0 Å². The van der Waals surface area contributed by atoms with Crippen LogP contribution in [0.25, 0.3) is 0 Å². The Hall–Kier alpha value is -1.13. The van der Waals surface area contributed by atoms with Gasteiger partial charge in [-0.2, -0.15) is 0 Å². The van der Waals surface area contributed by atoms with Crippen LogP contribution in [0.4, 0.5) is 10.5 Å². The first-order valence-corrected chi connectivity index (χ1v) is 5.30. The van der Waals surface area contributed by atoms with Crippen molar-refractivity contribution in [3.05, 3.63) is 21.7 Å². The molecule has 1 aromatic carbocycles. The maximum Gasteiger partial charge on any atom is 0.412 e. The van der Waals surface area contributed by atoms with E-state index in [0.29, 0.717) is 11.3 Å². The molecule has 0 saturated heterocycles. The Morgan fingerprint density at radius 3 is 2.69 bits per heavy atom. The molecular weight excluding hydrogens is 253 g/mol. The highest BCUT2D eigenvalue weighted by Crippen LogP contribution is 2.46. The molecule has 16 heavy (non-hydrogen) atoms. The van der Waals surface area contributed by atoms with Crippen molar-refractivity contribution in [3.63, 3.8) is 0 Å². The van der Waals surface area contributed by atoms with Gasteiger partial charge in [-0.3, -0.25) is 5.32 Å². The summed E-state index contributed by atoms with van der Waals surface area (Å²) in [6.07, 6.45) is -0.574. The molecule has 1 aliphatic heterocycles. The molecule has 1 heterocycles. The first-order valence-electron chi connectivity index (χ1n) is 4.54. The first kappa shape index (κ1) is 11.4. The van der Waals surface area contributed by atoms with Gasteiger partial charge in [0.25, 0.3) is 0 Å². The zero-order valence-electron chi connectivity index (χ0n) is 8.60. The van der Waals surface area contributed by atoms with E-state index in [1.165, 1.54) is 6.07 Å². The Labute approximate surface area is 102 Å². The van der Waals surface area contributed by atoms with E-state index in [1.807, 2.05) is 0 Å². The van der Waals surface area contributed by atoms with Gasteiger partial charge >= 0.3 is 6.09 Å². The van der Waals surface area contributed by atoms with Gasteiger partial charge in [0.1, 0.15) is 5.60 Å². The van der Waals surface area contributed by atoms with Crippen LogP contribution in [-0.2, 0) is 10.3 Å². The number of carbonyl (C=O) groups excluding carboxylic acids is 1. The molecule has 1 amide bonds. The molecule has 4 nitrogen and oxygen atoms in total. The molecular formula is C10H9Cl2NO3.